The second kappa shape index (κ2) is 15.1. The first-order valence-electron chi connectivity index (χ1n) is 11.8. The summed E-state index contributed by atoms with van der Waals surface area (Å²) >= 11 is 2.29. The molecule has 34 heavy (non-hydrogen) atoms. The van der Waals surface area contributed by atoms with Gasteiger partial charge in [0, 0.05) is 0 Å². The Bertz CT molecular complexity index is 930. The van der Waals surface area contributed by atoms with Crippen molar-refractivity contribution in [1.29, 1.82) is 0 Å². The summed E-state index contributed by atoms with van der Waals surface area (Å²) in [5, 5.41) is 3.90. The van der Waals surface area contributed by atoms with Crippen molar-refractivity contribution in [3.05, 3.63) is 108 Å². The van der Waals surface area contributed by atoms with Crippen LogP contribution in [0.1, 0.15) is 54.1 Å². The Morgan fingerprint density at radius 1 is 0.647 bits per heavy atom. The van der Waals surface area contributed by atoms with Crippen LogP contribution in [-0.4, -0.2) is 35.0 Å². The Labute approximate surface area is 229 Å². The summed E-state index contributed by atoms with van der Waals surface area (Å²) in [6.07, 6.45) is 3.34. The predicted octanol–water partition coefficient (Wildman–Crippen LogP) is -0.313. The van der Waals surface area contributed by atoms with Gasteiger partial charge in [-0.15, -0.1) is 0 Å². The van der Waals surface area contributed by atoms with Gasteiger partial charge in [0.2, 0.25) is 0 Å². The maximum Gasteiger partial charge on any atom is -1.00 e. The molecule has 0 aliphatic carbocycles. The van der Waals surface area contributed by atoms with Gasteiger partial charge in [0.25, 0.3) is 0 Å². The fraction of sp³-hybridized carbons (Fsp3) is 0.357. The fourth-order valence-corrected chi connectivity index (χ4v) is 5.50. The molecule has 3 aromatic carbocycles. The van der Waals surface area contributed by atoms with Crippen LogP contribution in [0.4, 0.5) is 0 Å². The first kappa shape index (κ1) is 29.1. The second-order valence-corrected chi connectivity index (χ2v) is 9.71. The van der Waals surface area contributed by atoms with Crippen LogP contribution < -0.4 is 30.1 Å². The van der Waals surface area contributed by atoms with Gasteiger partial charge in [0.1, 0.15) is 0 Å². The van der Waals surface area contributed by atoms with Crippen LogP contribution in [-0.2, 0) is 20.7 Å². The molecule has 3 aromatic rings. The van der Waals surface area contributed by atoms with Crippen molar-refractivity contribution in [1.82, 2.24) is 13.6 Å². The van der Waals surface area contributed by atoms with Crippen LogP contribution in [0.5, 0.6) is 0 Å². The third kappa shape index (κ3) is 7.93. The van der Waals surface area contributed by atoms with Gasteiger partial charge in [-0.3, -0.25) is 0 Å². The van der Waals surface area contributed by atoms with Crippen molar-refractivity contribution >= 4 is 0 Å². The normalized spacial score (nSPS) is 23.0. The zero-order chi connectivity index (χ0) is 22.2. The van der Waals surface area contributed by atoms with Crippen molar-refractivity contribution in [2.75, 3.05) is 26.7 Å². The number of nitrogens with one attached hydrogen (secondary N) is 1. The zero-order valence-corrected chi connectivity index (χ0v) is 22.9. The molecular formula is C28H34Cl2N3Ti. The zero-order valence-electron chi connectivity index (χ0n) is 19.8. The van der Waals surface area contributed by atoms with Gasteiger partial charge in [0.15, 0.2) is 0 Å². The van der Waals surface area contributed by atoms with E-state index in [2.05, 4.69) is 132 Å². The number of hydrogen-bond acceptors (Lipinski definition) is 3. The van der Waals surface area contributed by atoms with E-state index in [9.17, 15) is 0 Å². The number of benzene rings is 3. The van der Waals surface area contributed by atoms with Crippen molar-refractivity contribution in [3.63, 3.8) is 0 Å². The third-order valence-corrected chi connectivity index (χ3v) is 7.54. The molecule has 179 valence electrons. The molecule has 0 radical (unpaired) electrons. The van der Waals surface area contributed by atoms with Gasteiger partial charge < -0.3 is 24.8 Å². The summed E-state index contributed by atoms with van der Waals surface area (Å²) in [5.74, 6) is 0. The molecular weight excluding hydrogens is 497 g/mol. The quantitative estimate of drug-likeness (QED) is 0.469. The smallest absolute Gasteiger partial charge is 1.00 e. The van der Waals surface area contributed by atoms with Crippen LogP contribution in [0.15, 0.2) is 91.0 Å². The van der Waals surface area contributed by atoms with Gasteiger partial charge in [-0.2, -0.15) is 0 Å². The molecule has 4 rings (SSSR count). The van der Waals surface area contributed by atoms with Gasteiger partial charge in [-0.05, 0) is 0 Å². The van der Waals surface area contributed by atoms with E-state index in [4.69, 9.17) is 0 Å². The summed E-state index contributed by atoms with van der Waals surface area (Å²) in [6.45, 7) is 3.15. The Kier molecular flexibility index (Phi) is 12.9. The summed E-state index contributed by atoms with van der Waals surface area (Å²) in [7, 11) is 2.29. The van der Waals surface area contributed by atoms with Crippen molar-refractivity contribution < 1.29 is 45.5 Å². The molecule has 0 aromatic heterocycles. The molecule has 6 heteroatoms. The molecule has 3 unspecified atom stereocenters. The minimum atomic E-state index is 0. The predicted molar refractivity (Wildman–Crippen MR) is 129 cm³/mol. The first-order chi connectivity index (χ1) is 15.7. The molecule has 1 aliphatic rings. The van der Waals surface area contributed by atoms with Gasteiger partial charge >= 0.3 is 206 Å². The van der Waals surface area contributed by atoms with Crippen LogP contribution in [0, 0.1) is 0 Å². The van der Waals surface area contributed by atoms with E-state index in [0.717, 1.165) is 38.9 Å². The number of halogens is 2. The van der Waals surface area contributed by atoms with Gasteiger partial charge in [-0.1, -0.05) is 0 Å². The van der Waals surface area contributed by atoms with Crippen molar-refractivity contribution in [2.24, 2.45) is 0 Å². The Morgan fingerprint density at radius 3 is 1.71 bits per heavy atom. The fourth-order valence-electron chi connectivity index (χ4n) is 4.87. The molecule has 1 fully saturated rings. The second-order valence-electron chi connectivity index (χ2n) is 8.81. The Morgan fingerprint density at radius 2 is 1.15 bits per heavy atom. The number of nitrogens with zero attached hydrogens (tertiary/aromatic N) is 2. The summed E-state index contributed by atoms with van der Waals surface area (Å²) in [6, 6.07) is 34.2. The molecule has 1 N–H and O–H groups in total. The van der Waals surface area contributed by atoms with E-state index in [0.29, 0.717) is 18.1 Å². The van der Waals surface area contributed by atoms with E-state index >= 15 is 0 Å². The molecule has 0 spiro atoms. The van der Waals surface area contributed by atoms with E-state index in [-0.39, 0.29) is 24.8 Å². The van der Waals surface area contributed by atoms with E-state index in [1.54, 1.807) is 0 Å². The summed E-state index contributed by atoms with van der Waals surface area (Å²) in [5.41, 5.74) is 4.22. The average molecular weight is 531 g/mol. The average Bonchev–Trinajstić information content (AvgIpc) is 2.84. The standard InChI is InChI=1S/C28H34N3.2ClH.Ti/c1-31-22-19-27(24-13-7-3-8-14-24)29-20-17-26(23-11-5-2-6-12-23)30-21-18-28(31)25-15-9-4-10-16-25;;;/h2-16,26-29H,17-22H2,1H3;2*1H;/q-1;;;+3/p-2. The SMILES string of the molecule is CN1CCC(c2ccccc2)NCCC(c2ccccc2)[N]([Ti+2])CCC1c1ccccc1.[Cl-].[Cl-]. The largest absolute Gasteiger partial charge is 1.00 e. The minimum Gasteiger partial charge on any atom is -1.00 e. The first-order valence-corrected chi connectivity index (χ1v) is 12.5. The summed E-state index contributed by atoms with van der Waals surface area (Å²) < 4.78 is 2.56. The maximum atomic E-state index is 3.90. The molecule has 0 bridgehead atoms. The molecule has 1 saturated heterocycles. The Hall–Kier alpha value is -1.17. The molecule has 1 heterocycles. The van der Waals surface area contributed by atoms with Crippen LogP contribution in [0.2, 0.25) is 0 Å². The van der Waals surface area contributed by atoms with Gasteiger partial charge in [-0.25, -0.2) is 0 Å². The minimum absolute atomic E-state index is 0. The monoisotopic (exact) mass is 530 g/mol. The van der Waals surface area contributed by atoms with Crippen LogP contribution in [0.25, 0.3) is 0 Å². The van der Waals surface area contributed by atoms with E-state index < -0.39 is 0 Å². The maximum absolute atomic E-state index is 3.90. The van der Waals surface area contributed by atoms with Crippen LogP contribution >= 0.6 is 0 Å². The van der Waals surface area contributed by atoms with Crippen LogP contribution in [0.3, 0.4) is 0 Å². The van der Waals surface area contributed by atoms with Crippen molar-refractivity contribution in [2.45, 2.75) is 37.4 Å². The Balaban J connectivity index is 0.00000204. The summed E-state index contributed by atoms with van der Waals surface area (Å²) in [4.78, 5) is 2.56. The van der Waals surface area contributed by atoms with E-state index in [1.807, 2.05) is 0 Å². The molecule has 3 atom stereocenters. The molecule has 0 amide bonds. The molecule has 0 saturated carbocycles. The van der Waals surface area contributed by atoms with E-state index in [1.165, 1.54) is 16.7 Å². The van der Waals surface area contributed by atoms with Gasteiger partial charge in [0.05, 0.1) is 0 Å². The number of hydrogen-bond donors (Lipinski definition) is 1. The molecule has 1 aliphatic heterocycles. The molecule has 3 nitrogen and oxygen atoms in total. The van der Waals surface area contributed by atoms with Crippen molar-refractivity contribution in [3.8, 4) is 0 Å². The topological polar surface area (TPSA) is 18.5 Å². The number of rotatable bonds is 3. The third-order valence-electron chi connectivity index (χ3n) is 6.70.